The molecule has 1 aromatic heterocycles. The van der Waals surface area contributed by atoms with E-state index in [9.17, 15) is 0 Å². The molecule has 0 bridgehead atoms. The molecule has 2 heterocycles. The Morgan fingerprint density at radius 1 is 1.09 bits per heavy atom. The largest absolute Gasteiger partial charge is 0.479 e. The van der Waals surface area contributed by atoms with Gasteiger partial charge in [-0.25, -0.2) is 4.99 Å². The van der Waals surface area contributed by atoms with Gasteiger partial charge in [-0.2, -0.15) is 0 Å². The van der Waals surface area contributed by atoms with Crippen LogP contribution >= 0.6 is 45.2 Å². The Kier molecular flexibility index (Phi) is 3.80. The number of rotatable bonds is 2. The quantitative estimate of drug-likeness (QED) is 0.449. The van der Waals surface area contributed by atoms with Crippen LogP contribution in [0.5, 0.6) is 0 Å². The van der Waals surface area contributed by atoms with E-state index in [2.05, 4.69) is 91.1 Å². The predicted octanol–water partition coefficient (Wildman–Crippen LogP) is 4.82. The standard InChI is InChI=1S/C17H14I2N2O/c1-10-20-13(9-22-10)8-21-16-4-2-11(18)6-14(16)15-7-12(19)3-5-17(15)21/h2-7,13H,8-9H2,1H3. The first-order valence-corrected chi connectivity index (χ1v) is 9.32. The second-order valence-electron chi connectivity index (χ2n) is 5.55. The Hall–Kier alpha value is -0.830. The Labute approximate surface area is 156 Å². The Morgan fingerprint density at radius 3 is 2.18 bits per heavy atom. The first-order valence-electron chi connectivity index (χ1n) is 7.16. The molecular weight excluding hydrogens is 502 g/mol. The molecule has 4 rings (SSSR count). The average Bonchev–Trinajstić information content (AvgIpc) is 3.02. The summed E-state index contributed by atoms with van der Waals surface area (Å²) in [6.45, 7) is 3.47. The molecule has 3 aromatic rings. The van der Waals surface area contributed by atoms with Gasteiger partial charge in [0.15, 0.2) is 5.90 Å². The highest BCUT2D eigenvalue weighted by Crippen LogP contribution is 2.32. The zero-order valence-corrected chi connectivity index (χ0v) is 16.3. The Morgan fingerprint density at radius 2 is 1.68 bits per heavy atom. The molecule has 1 aliphatic heterocycles. The normalized spacial score (nSPS) is 18.0. The van der Waals surface area contributed by atoms with Crippen LogP contribution in [0.15, 0.2) is 41.4 Å². The molecule has 0 saturated heterocycles. The zero-order valence-electron chi connectivity index (χ0n) is 12.0. The van der Waals surface area contributed by atoms with E-state index in [-0.39, 0.29) is 6.04 Å². The molecule has 1 unspecified atom stereocenters. The highest BCUT2D eigenvalue weighted by Gasteiger charge is 2.19. The van der Waals surface area contributed by atoms with E-state index in [1.807, 2.05) is 6.92 Å². The van der Waals surface area contributed by atoms with Gasteiger partial charge in [0.2, 0.25) is 0 Å². The van der Waals surface area contributed by atoms with Gasteiger partial charge in [-0.05, 0) is 81.6 Å². The topological polar surface area (TPSA) is 26.5 Å². The number of nitrogens with zero attached hydrogens (tertiary/aromatic N) is 2. The van der Waals surface area contributed by atoms with E-state index in [1.165, 1.54) is 28.9 Å². The van der Waals surface area contributed by atoms with Gasteiger partial charge < -0.3 is 9.30 Å². The second-order valence-corrected chi connectivity index (χ2v) is 8.04. The van der Waals surface area contributed by atoms with Crippen molar-refractivity contribution in [3.8, 4) is 0 Å². The van der Waals surface area contributed by atoms with Gasteiger partial charge >= 0.3 is 0 Å². The molecule has 5 heteroatoms. The summed E-state index contributed by atoms with van der Waals surface area (Å²) in [5.74, 6) is 0.801. The van der Waals surface area contributed by atoms with Gasteiger partial charge in [0, 0.05) is 42.4 Å². The summed E-state index contributed by atoms with van der Waals surface area (Å²) in [4.78, 5) is 4.58. The van der Waals surface area contributed by atoms with Crippen molar-refractivity contribution in [2.45, 2.75) is 19.5 Å². The summed E-state index contributed by atoms with van der Waals surface area (Å²) in [7, 11) is 0. The number of fused-ring (bicyclic) bond motifs is 3. The first-order chi connectivity index (χ1) is 10.6. The number of aliphatic imine (C=N–C) groups is 1. The number of hydrogen-bond donors (Lipinski definition) is 0. The molecule has 0 N–H and O–H groups in total. The fourth-order valence-electron chi connectivity index (χ4n) is 3.10. The zero-order chi connectivity index (χ0) is 15.3. The maximum Gasteiger partial charge on any atom is 0.180 e. The average molecular weight is 516 g/mol. The Bertz CT molecular complexity index is 855. The van der Waals surface area contributed by atoms with Crippen LogP contribution in [0.25, 0.3) is 21.8 Å². The first kappa shape index (κ1) is 14.7. The third-order valence-corrected chi connectivity index (χ3v) is 5.37. The molecule has 22 heavy (non-hydrogen) atoms. The monoisotopic (exact) mass is 516 g/mol. The fourth-order valence-corrected chi connectivity index (χ4v) is 4.08. The molecule has 0 amide bonds. The number of ether oxygens (including phenoxy) is 1. The van der Waals surface area contributed by atoms with Crippen molar-refractivity contribution in [3.05, 3.63) is 43.5 Å². The molecular formula is C17H14I2N2O. The van der Waals surface area contributed by atoms with Crippen LogP contribution in [0.3, 0.4) is 0 Å². The van der Waals surface area contributed by atoms with Crippen molar-refractivity contribution in [2.24, 2.45) is 4.99 Å². The summed E-state index contributed by atoms with van der Waals surface area (Å²) in [5, 5.41) is 2.64. The number of benzene rings is 2. The summed E-state index contributed by atoms with van der Waals surface area (Å²) in [5.41, 5.74) is 2.55. The smallest absolute Gasteiger partial charge is 0.180 e. The molecule has 2 aromatic carbocycles. The maximum atomic E-state index is 5.51. The van der Waals surface area contributed by atoms with Crippen LogP contribution in [-0.2, 0) is 11.3 Å². The molecule has 112 valence electrons. The van der Waals surface area contributed by atoms with Crippen LogP contribution in [0.4, 0.5) is 0 Å². The summed E-state index contributed by atoms with van der Waals surface area (Å²) in [6.07, 6.45) is 0. The molecule has 1 aliphatic rings. The SMILES string of the molecule is CC1=NC(Cn2c3ccc(I)cc3c3cc(I)ccc32)CO1. The lowest BCUT2D eigenvalue weighted by molar-refractivity contribution is 0.305. The van der Waals surface area contributed by atoms with Crippen LogP contribution in [0.2, 0.25) is 0 Å². The van der Waals surface area contributed by atoms with Gasteiger partial charge in [0.25, 0.3) is 0 Å². The number of halogens is 2. The van der Waals surface area contributed by atoms with Crippen molar-refractivity contribution < 1.29 is 4.74 Å². The predicted molar refractivity (Wildman–Crippen MR) is 108 cm³/mol. The van der Waals surface area contributed by atoms with Crippen molar-refractivity contribution in [1.82, 2.24) is 4.57 Å². The molecule has 0 spiro atoms. The van der Waals surface area contributed by atoms with Gasteiger partial charge in [0.1, 0.15) is 12.6 Å². The fraction of sp³-hybridized carbons (Fsp3) is 0.235. The molecule has 0 saturated carbocycles. The minimum absolute atomic E-state index is 0.206. The van der Waals surface area contributed by atoms with E-state index < -0.39 is 0 Å². The van der Waals surface area contributed by atoms with Crippen molar-refractivity contribution in [3.63, 3.8) is 0 Å². The van der Waals surface area contributed by atoms with E-state index >= 15 is 0 Å². The van der Waals surface area contributed by atoms with Crippen molar-refractivity contribution in [2.75, 3.05) is 6.61 Å². The minimum atomic E-state index is 0.206. The van der Waals surface area contributed by atoms with E-state index in [0.717, 1.165) is 12.4 Å². The highest BCUT2D eigenvalue weighted by molar-refractivity contribution is 14.1. The van der Waals surface area contributed by atoms with E-state index in [4.69, 9.17) is 4.74 Å². The molecule has 3 nitrogen and oxygen atoms in total. The third kappa shape index (κ3) is 2.51. The molecule has 0 radical (unpaired) electrons. The van der Waals surface area contributed by atoms with Crippen LogP contribution in [0, 0.1) is 7.14 Å². The number of hydrogen-bond acceptors (Lipinski definition) is 2. The summed E-state index contributed by atoms with van der Waals surface area (Å²) >= 11 is 4.76. The van der Waals surface area contributed by atoms with Gasteiger partial charge in [-0.3, -0.25) is 0 Å². The van der Waals surface area contributed by atoms with E-state index in [1.54, 1.807) is 0 Å². The van der Waals surface area contributed by atoms with Crippen LogP contribution < -0.4 is 0 Å². The van der Waals surface area contributed by atoms with E-state index in [0.29, 0.717) is 6.61 Å². The highest BCUT2D eigenvalue weighted by atomic mass is 127. The minimum Gasteiger partial charge on any atom is -0.479 e. The van der Waals surface area contributed by atoms with Crippen LogP contribution in [-0.4, -0.2) is 23.1 Å². The molecule has 0 aliphatic carbocycles. The maximum absolute atomic E-state index is 5.51. The van der Waals surface area contributed by atoms with Crippen molar-refractivity contribution >= 4 is 72.9 Å². The Balaban J connectivity index is 1.94. The van der Waals surface area contributed by atoms with Gasteiger partial charge in [-0.15, -0.1) is 0 Å². The van der Waals surface area contributed by atoms with Gasteiger partial charge in [0.05, 0.1) is 0 Å². The molecule has 0 fully saturated rings. The second kappa shape index (κ2) is 5.67. The molecule has 1 atom stereocenters. The third-order valence-electron chi connectivity index (χ3n) is 4.03. The lowest BCUT2D eigenvalue weighted by Gasteiger charge is -2.10. The van der Waals surface area contributed by atoms with Crippen LogP contribution in [0.1, 0.15) is 6.92 Å². The lowest BCUT2D eigenvalue weighted by Crippen LogP contribution is -2.15. The van der Waals surface area contributed by atoms with Gasteiger partial charge in [-0.1, -0.05) is 0 Å². The summed E-state index contributed by atoms with van der Waals surface area (Å²) < 4.78 is 10.4. The van der Waals surface area contributed by atoms with Crippen molar-refractivity contribution in [1.29, 1.82) is 0 Å². The lowest BCUT2D eigenvalue weighted by atomic mass is 10.2. The number of aromatic nitrogens is 1. The summed E-state index contributed by atoms with van der Waals surface area (Å²) in [6, 6.07) is 13.5.